The molecule has 6 nitrogen and oxygen atoms in total. The number of likely N-dealkylation sites (tertiary alicyclic amines) is 1. The SMILES string of the molecule is CC1CC(C(=O)O)CN(C(=O)C2CSCN2C(=O)c2ccccc2)C1. The van der Waals surface area contributed by atoms with Gasteiger partial charge in [0.25, 0.3) is 5.91 Å². The second-order valence-corrected chi connectivity index (χ2v) is 7.78. The van der Waals surface area contributed by atoms with Crippen molar-refractivity contribution in [2.75, 3.05) is 24.7 Å². The zero-order chi connectivity index (χ0) is 18.0. The van der Waals surface area contributed by atoms with Crippen molar-refractivity contribution >= 4 is 29.5 Å². The Morgan fingerprint density at radius 3 is 2.56 bits per heavy atom. The lowest BCUT2D eigenvalue weighted by Crippen LogP contribution is -2.53. The van der Waals surface area contributed by atoms with Gasteiger partial charge in [-0.3, -0.25) is 14.4 Å². The number of carboxylic acids is 1. The van der Waals surface area contributed by atoms with Gasteiger partial charge in [0.2, 0.25) is 5.91 Å². The largest absolute Gasteiger partial charge is 0.481 e. The molecule has 0 radical (unpaired) electrons. The normalized spacial score (nSPS) is 26.5. The Hall–Kier alpha value is -2.02. The highest BCUT2D eigenvalue weighted by molar-refractivity contribution is 7.99. The zero-order valence-corrected chi connectivity index (χ0v) is 14.9. The summed E-state index contributed by atoms with van der Waals surface area (Å²) in [5, 5.41) is 9.30. The standard InChI is InChI=1S/C18H22N2O4S/c1-12-7-14(18(23)24)9-19(8-12)17(22)15-10-25-11-20(15)16(21)13-5-3-2-4-6-13/h2-6,12,14-15H,7-11H2,1H3,(H,23,24). The molecule has 2 saturated heterocycles. The molecule has 3 unspecified atom stereocenters. The second kappa shape index (κ2) is 7.47. The van der Waals surface area contributed by atoms with Gasteiger partial charge < -0.3 is 14.9 Å². The van der Waals surface area contributed by atoms with Crippen LogP contribution in [0, 0.1) is 11.8 Å². The third kappa shape index (κ3) is 3.81. The molecule has 2 fully saturated rings. The number of thioether (sulfide) groups is 1. The first-order valence-corrected chi connectivity index (χ1v) is 9.58. The zero-order valence-electron chi connectivity index (χ0n) is 14.1. The molecule has 1 N–H and O–H groups in total. The van der Waals surface area contributed by atoms with Gasteiger partial charge in [-0.1, -0.05) is 25.1 Å². The summed E-state index contributed by atoms with van der Waals surface area (Å²) in [4.78, 5) is 40.3. The number of piperidine rings is 1. The summed E-state index contributed by atoms with van der Waals surface area (Å²) >= 11 is 1.55. The molecule has 2 aliphatic rings. The molecule has 0 saturated carbocycles. The number of benzene rings is 1. The van der Waals surface area contributed by atoms with Crippen molar-refractivity contribution in [3.05, 3.63) is 35.9 Å². The number of hydrogen-bond acceptors (Lipinski definition) is 4. The van der Waals surface area contributed by atoms with Crippen molar-refractivity contribution in [1.29, 1.82) is 0 Å². The van der Waals surface area contributed by atoms with Crippen molar-refractivity contribution in [3.8, 4) is 0 Å². The van der Waals surface area contributed by atoms with E-state index in [4.69, 9.17) is 0 Å². The molecule has 2 amide bonds. The van der Waals surface area contributed by atoms with Crippen LogP contribution in [0.15, 0.2) is 30.3 Å². The van der Waals surface area contributed by atoms with Crippen LogP contribution in [0.5, 0.6) is 0 Å². The number of carbonyl (C=O) groups is 3. The van der Waals surface area contributed by atoms with E-state index in [-0.39, 0.29) is 24.3 Å². The van der Waals surface area contributed by atoms with Gasteiger partial charge in [-0.15, -0.1) is 11.8 Å². The third-order valence-corrected chi connectivity index (χ3v) is 5.78. The molecule has 7 heteroatoms. The van der Waals surface area contributed by atoms with E-state index >= 15 is 0 Å². The Labute approximate surface area is 151 Å². The van der Waals surface area contributed by atoms with Crippen LogP contribution >= 0.6 is 11.8 Å². The molecule has 134 valence electrons. The van der Waals surface area contributed by atoms with Gasteiger partial charge >= 0.3 is 5.97 Å². The maximum Gasteiger partial charge on any atom is 0.308 e. The minimum atomic E-state index is -0.859. The van der Waals surface area contributed by atoms with E-state index in [2.05, 4.69) is 0 Å². The highest BCUT2D eigenvalue weighted by Gasteiger charge is 2.40. The smallest absolute Gasteiger partial charge is 0.308 e. The fourth-order valence-electron chi connectivity index (χ4n) is 3.52. The number of amides is 2. The molecule has 0 bridgehead atoms. The van der Waals surface area contributed by atoms with Crippen LogP contribution in [0.4, 0.5) is 0 Å². The van der Waals surface area contributed by atoms with Gasteiger partial charge in [0.05, 0.1) is 11.8 Å². The van der Waals surface area contributed by atoms with Gasteiger partial charge in [-0.2, -0.15) is 0 Å². The quantitative estimate of drug-likeness (QED) is 0.887. The fourth-order valence-corrected chi connectivity index (χ4v) is 4.66. The molecule has 0 spiro atoms. The number of hydrogen-bond donors (Lipinski definition) is 1. The molecule has 2 aliphatic heterocycles. The van der Waals surface area contributed by atoms with Crippen molar-refractivity contribution in [2.45, 2.75) is 19.4 Å². The topological polar surface area (TPSA) is 77.9 Å². The molecule has 2 heterocycles. The summed E-state index contributed by atoms with van der Waals surface area (Å²) in [6.45, 7) is 2.75. The Balaban J connectivity index is 1.74. The highest BCUT2D eigenvalue weighted by Crippen LogP contribution is 2.28. The van der Waals surface area contributed by atoms with Gasteiger partial charge in [0.15, 0.2) is 0 Å². The summed E-state index contributed by atoms with van der Waals surface area (Å²) < 4.78 is 0. The van der Waals surface area contributed by atoms with E-state index in [0.717, 1.165) is 0 Å². The number of nitrogens with zero attached hydrogens (tertiary/aromatic N) is 2. The average molecular weight is 362 g/mol. The minimum Gasteiger partial charge on any atom is -0.481 e. The van der Waals surface area contributed by atoms with Crippen LogP contribution in [0.3, 0.4) is 0 Å². The Kier molecular flexibility index (Phi) is 5.32. The number of carboxylic acid groups (broad SMARTS) is 1. The molecular formula is C18H22N2O4S. The molecule has 0 aliphatic carbocycles. The summed E-state index contributed by atoms with van der Waals surface area (Å²) in [6, 6.07) is 8.43. The summed E-state index contributed by atoms with van der Waals surface area (Å²) in [7, 11) is 0. The fraction of sp³-hybridized carbons (Fsp3) is 0.500. The monoisotopic (exact) mass is 362 g/mol. The van der Waals surface area contributed by atoms with E-state index in [1.54, 1.807) is 45.8 Å². The molecule has 1 aromatic carbocycles. The predicted molar refractivity (Wildman–Crippen MR) is 95.2 cm³/mol. The lowest BCUT2D eigenvalue weighted by Gasteiger charge is -2.37. The van der Waals surface area contributed by atoms with Crippen LogP contribution in [0.2, 0.25) is 0 Å². The van der Waals surface area contributed by atoms with Crippen LogP contribution in [-0.2, 0) is 9.59 Å². The molecule has 25 heavy (non-hydrogen) atoms. The number of carbonyl (C=O) groups excluding carboxylic acids is 2. The number of rotatable bonds is 3. The maximum absolute atomic E-state index is 13.0. The van der Waals surface area contributed by atoms with Gasteiger partial charge in [-0.25, -0.2) is 0 Å². The Morgan fingerprint density at radius 2 is 1.88 bits per heavy atom. The second-order valence-electron chi connectivity index (χ2n) is 6.78. The van der Waals surface area contributed by atoms with E-state index < -0.39 is 17.9 Å². The van der Waals surface area contributed by atoms with Crippen molar-refractivity contribution < 1.29 is 19.5 Å². The van der Waals surface area contributed by atoms with E-state index in [1.807, 2.05) is 13.0 Å². The van der Waals surface area contributed by atoms with Crippen LogP contribution in [-0.4, -0.2) is 63.5 Å². The summed E-state index contributed by atoms with van der Waals surface area (Å²) in [5.41, 5.74) is 0.568. The van der Waals surface area contributed by atoms with Crippen LogP contribution in [0.25, 0.3) is 0 Å². The van der Waals surface area contributed by atoms with Crippen molar-refractivity contribution in [3.63, 3.8) is 0 Å². The van der Waals surface area contributed by atoms with E-state index in [1.165, 1.54) is 0 Å². The number of aliphatic carboxylic acids is 1. The average Bonchev–Trinajstić information content (AvgIpc) is 3.10. The molecular weight excluding hydrogens is 340 g/mol. The molecule has 3 rings (SSSR count). The maximum atomic E-state index is 13.0. The van der Waals surface area contributed by atoms with Gasteiger partial charge in [0.1, 0.15) is 6.04 Å². The first kappa shape index (κ1) is 17.8. The third-order valence-electron chi connectivity index (χ3n) is 4.77. The first-order chi connectivity index (χ1) is 12.0. The summed E-state index contributed by atoms with van der Waals surface area (Å²) in [5.74, 6) is -0.486. The predicted octanol–water partition coefficient (Wildman–Crippen LogP) is 1.77. The first-order valence-electron chi connectivity index (χ1n) is 8.42. The Bertz CT molecular complexity index is 666. The van der Waals surface area contributed by atoms with Crippen LogP contribution < -0.4 is 0 Å². The van der Waals surface area contributed by atoms with Gasteiger partial charge in [0, 0.05) is 24.4 Å². The van der Waals surface area contributed by atoms with E-state index in [9.17, 15) is 19.5 Å². The lowest BCUT2D eigenvalue weighted by atomic mass is 9.90. The highest BCUT2D eigenvalue weighted by atomic mass is 32.2. The molecule has 0 aromatic heterocycles. The summed E-state index contributed by atoms with van der Waals surface area (Å²) in [6.07, 6.45) is 0.588. The minimum absolute atomic E-state index is 0.132. The van der Waals surface area contributed by atoms with Crippen LogP contribution in [0.1, 0.15) is 23.7 Å². The molecule has 1 aromatic rings. The van der Waals surface area contributed by atoms with Crippen molar-refractivity contribution in [2.24, 2.45) is 11.8 Å². The van der Waals surface area contributed by atoms with Gasteiger partial charge in [-0.05, 0) is 24.5 Å². The van der Waals surface area contributed by atoms with E-state index in [0.29, 0.717) is 30.2 Å². The Morgan fingerprint density at radius 1 is 1.16 bits per heavy atom. The lowest BCUT2D eigenvalue weighted by molar-refractivity contribution is -0.148. The van der Waals surface area contributed by atoms with Crippen molar-refractivity contribution in [1.82, 2.24) is 9.80 Å². The molecule has 3 atom stereocenters.